The van der Waals surface area contributed by atoms with E-state index >= 15 is 0 Å². The highest BCUT2D eigenvalue weighted by Crippen LogP contribution is 2.20. The molecule has 0 spiro atoms. The van der Waals surface area contributed by atoms with Crippen molar-refractivity contribution in [1.29, 1.82) is 0 Å². The molecule has 0 bridgehead atoms. The molecule has 2 amide bonds. The Balaban J connectivity index is 2.67. The van der Waals surface area contributed by atoms with Crippen LogP contribution in [0.1, 0.15) is 33.6 Å². The first-order chi connectivity index (χ1) is 6.45. The van der Waals surface area contributed by atoms with Crippen LogP contribution >= 0.6 is 0 Å². The maximum atomic E-state index is 11.2. The second-order valence-electron chi connectivity index (χ2n) is 4.39. The summed E-state index contributed by atoms with van der Waals surface area (Å²) in [6, 6.07) is 0. The van der Waals surface area contributed by atoms with Crippen LogP contribution in [0.4, 0.5) is 0 Å². The van der Waals surface area contributed by atoms with Crippen molar-refractivity contribution in [2.24, 2.45) is 0 Å². The van der Waals surface area contributed by atoms with E-state index in [-0.39, 0.29) is 17.4 Å². The quantitative estimate of drug-likeness (QED) is 0.673. The number of carbonyl (C=O) groups is 2. The number of hydrogen-bond acceptors (Lipinski definition) is 3. The zero-order valence-electron chi connectivity index (χ0n) is 9.09. The first kappa shape index (κ1) is 11.2. The summed E-state index contributed by atoms with van der Waals surface area (Å²) in [5.74, 6) is -0.379. The number of hydrogen-bond donors (Lipinski definition) is 1. The summed E-state index contributed by atoms with van der Waals surface area (Å²) in [6.07, 6.45) is 2.05. The molecule has 0 atom stereocenters. The molecule has 0 saturated carbocycles. The lowest BCUT2D eigenvalue weighted by molar-refractivity contribution is -0.138. The van der Waals surface area contributed by atoms with Gasteiger partial charge in [-0.25, -0.2) is 0 Å². The standard InChI is InChI=1S/C10H18N2O2/c1-4-5-10(2,3)12-6-8(13)11-9(14)7-12/h4-7H2,1-3H3,(H,11,13,14). The molecule has 1 N–H and O–H groups in total. The molecule has 0 aromatic rings. The van der Waals surface area contributed by atoms with Crippen molar-refractivity contribution in [3.8, 4) is 0 Å². The van der Waals surface area contributed by atoms with Crippen LogP contribution in [0.5, 0.6) is 0 Å². The van der Waals surface area contributed by atoms with E-state index in [1.165, 1.54) is 0 Å². The largest absolute Gasteiger partial charge is 0.294 e. The number of nitrogens with zero attached hydrogens (tertiary/aromatic N) is 1. The van der Waals surface area contributed by atoms with Crippen molar-refractivity contribution in [3.05, 3.63) is 0 Å². The SMILES string of the molecule is CCCC(C)(C)N1CC(=O)NC(=O)C1. The molecule has 1 rings (SSSR count). The van der Waals surface area contributed by atoms with Crippen molar-refractivity contribution in [2.45, 2.75) is 39.2 Å². The van der Waals surface area contributed by atoms with E-state index < -0.39 is 0 Å². The Morgan fingerprint density at radius 3 is 2.21 bits per heavy atom. The third-order valence-corrected chi connectivity index (χ3v) is 2.67. The van der Waals surface area contributed by atoms with E-state index in [1.54, 1.807) is 0 Å². The third kappa shape index (κ3) is 2.54. The molecule has 4 heteroatoms. The van der Waals surface area contributed by atoms with E-state index in [4.69, 9.17) is 0 Å². The lowest BCUT2D eigenvalue weighted by Crippen LogP contribution is -2.58. The molecule has 1 heterocycles. The van der Waals surface area contributed by atoms with Crippen LogP contribution in [0.2, 0.25) is 0 Å². The number of piperazine rings is 1. The Morgan fingerprint density at radius 1 is 1.29 bits per heavy atom. The highest BCUT2D eigenvalue weighted by Gasteiger charge is 2.32. The number of imide groups is 1. The van der Waals surface area contributed by atoms with Gasteiger partial charge < -0.3 is 0 Å². The third-order valence-electron chi connectivity index (χ3n) is 2.67. The predicted molar refractivity (Wildman–Crippen MR) is 53.7 cm³/mol. The lowest BCUT2D eigenvalue weighted by Gasteiger charge is -2.39. The Labute approximate surface area is 84.7 Å². The van der Waals surface area contributed by atoms with E-state index in [9.17, 15) is 9.59 Å². The summed E-state index contributed by atoms with van der Waals surface area (Å²) in [6.45, 7) is 6.91. The smallest absolute Gasteiger partial charge is 0.240 e. The molecule has 0 radical (unpaired) electrons. The van der Waals surface area contributed by atoms with E-state index in [1.807, 2.05) is 4.90 Å². The van der Waals surface area contributed by atoms with Gasteiger partial charge in [0.2, 0.25) is 11.8 Å². The van der Waals surface area contributed by atoms with Crippen LogP contribution in [0.3, 0.4) is 0 Å². The molecular weight excluding hydrogens is 180 g/mol. The minimum atomic E-state index is -0.189. The Morgan fingerprint density at radius 2 is 1.79 bits per heavy atom. The van der Waals surface area contributed by atoms with Gasteiger partial charge in [0, 0.05) is 5.54 Å². The monoisotopic (exact) mass is 198 g/mol. The summed E-state index contributed by atoms with van der Waals surface area (Å²) >= 11 is 0. The topological polar surface area (TPSA) is 49.4 Å². The van der Waals surface area contributed by atoms with Crippen LogP contribution in [0.15, 0.2) is 0 Å². The molecule has 80 valence electrons. The second kappa shape index (κ2) is 4.09. The molecule has 1 aliphatic rings. The lowest BCUT2D eigenvalue weighted by atomic mass is 9.95. The first-order valence-electron chi connectivity index (χ1n) is 5.03. The van der Waals surface area contributed by atoms with Crippen LogP contribution in [-0.4, -0.2) is 35.3 Å². The summed E-state index contributed by atoms with van der Waals surface area (Å²) in [5, 5.41) is 2.30. The van der Waals surface area contributed by atoms with Gasteiger partial charge in [-0.3, -0.25) is 19.8 Å². The fourth-order valence-electron chi connectivity index (χ4n) is 1.84. The molecular formula is C10H18N2O2. The molecule has 1 saturated heterocycles. The first-order valence-corrected chi connectivity index (χ1v) is 5.03. The van der Waals surface area contributed by atoms with Crippen LogP contribution < -0.4 is 5.32 Å². The number of nitrogens with one attached hydrogen (secondary N) is 1. The maximum absolute atomic E-state index is 11.2. The zero-order valence-corrected chi connectivity index (χ0v) is 9.09. The van der Waals surface area contributed by atoms with Crippen molar-refractivity contribution < 1.29 is 9.59 Å². The molecule has 1 fully saturated rings. The molecule has 0 unspecified atom stereocenters. The highest BCUT2D eigenvalue weighted by molar-refractivity contribution is 5.99. The van der Waals surface area contributed by atoms with Crippen LogP contribution in [0, 0.1) is 0 Å². The van der Waals surface area contributed by atoms with Gasteiger partial charge in [-0.2, -0.15) is 0 Å². The Bertz CT molecular complexity index is 233. The van der Waals surface area contributed by atoms with E-state index in [0.717, 1.165) is 12.8 Å². The fourth-order valence-corrected chi connectivity index (χ4v) is 1.84. The Kier molecular flexibility index (Phi) is 3.26. The van der Waals surface area contributed by atoms with E-state index in [2.05, 4.69) is 26.1 Å². The minimum Gasteiger partial charge on any atom is -0.294 e. The average Bonchev–Trinajstić information content (AvgIpc) is 2.02. The summed E-state index contributed by atoms with van der Waals surface area (Å²) < 4.78 is 0. The fraction of sp³-hybridized carbons (Fsp3) is 0.800. The van der Waals surface area contributed by atoms with Crippen LogP contribution in [-0.2, 0) is 9.59 Å². The van der Waals surface area contributed by atoms with Crippen molar-refractivity contribution in [3.63, 3.8) is 0 Å². The van der Waals surface area contributed by atoms with Crippen molar-refractivity contribution in [2.75, 3.05) is 13.1 Å². The van der Waals surface area contributed by atoms with Crippen LogP contribution in [0.25, 0.3) is 0 Å². The predicted octanol–water partition coefficient (Wildman–Crippen LogP) is 0.523. The van der Waals surface area contributed by atoms with Gasteiger partial charge in [0.05, 0.1) is 13.1 Å². The normalized spacial score (nSPS) is 19.6. The summed E-state index contributed by atoms with van der Waals surface area (Å²) in [5.41, 5.74) is -0.0673. The minimum absolute atomic E-state index is 0.0673. The summed E-state index contributed by atoms with van der Waals surface area (Å²) in [4.78, 5) is 24.3. The molecule has 0 aromatic carbocycles. The van der Waals surface area contributed by atoms with Gasteiger partial charge in [-0.1, -0.05) is 13.3 Å². The van der Waals surface area contributed by atoms with Gasteiger partial charge in [0.15, 0.2) is 0 Å². The van der Waals surface area contributed by atoms with Gasteiger partial charge in [-0.05, 0) is 20.3 Å². The highest BCUT2D eigenvalue weighted by atomic mass is 16.2. The molecule has 14 heavy (non-hydrogen) atoms. The van der Waals surface area contributed by atoms with E-state index in [0.29, 0.717) is 13.1 Å². The Hall–Kier alpha value is -0.900. The van der Waals surface area contributed by atoms with Gasteiger partial charge in [0.1, 0.15) is 0 Å². The van der Waals surface area contributed by atoms with Gasteiger partial charge in [-0.15, -0.1) is 0 Å². The summed E-state index contributed by atoms with van der Waals surface area (Å²) in [7, 11) is 0. The number of carbonyl (C=O) groups excluding carboxylic acids is 2. The van der Waals surface area contributed by atoms with Crippen molar-refractivity contribution in [1.82, 2.24) is 10.2 Å². The average molecular weight is 198 g/mol. The second-order valence-corrected chi connectivity index (χ2v) is 4.39. The molecule has 4 nitrogen and oxygen atoms in total. The number of rotatable bonds is 3. The number of amides is 2. The molecule has 1 aliphatic heterocycles. The molecule has 0 aromatic heterocycles. The van der Waals surface area contributed by atoms with Gasteiger partial charge in [0.25, 0.3) is 0 Å². The van der Waals surface area contributed by atoms with Crippen molar-refractivity contribution >= 4 is 11.8 Å². The maximum Gasteiger partial charge on any atom is 0.240 e. The zero-order chi connectivity index (χ0) is 10.8. The molecule has 0 aliphatic carbocycles. The van der Waals surface area contributed by atoms with Gasteiger partial charge >= 0.3 is 0 Å².